The van der Waals surface area contributed by atoms with Crippen LogP contribution in [0.1, 0.15) is 49.4 Å². The summed E-state index contributed by atoms with van der Waals surface area (Å²) >= 11 is 0. The average molecular weight is 432 g/mol. The van der Waals surface area contributed by atoms with Crippen molar-refractivity contribution in [3.63, 3.8) is 0 Å². The zero-order valence-electron chi connectivity index (χ0n) is 19.1. The Morgan fingerprint density at radius 2 is 1.27 bits per heavy atom. The molecule has 1 aromatic heterocycles. The summed E-state index contributed by atoms with van der Waals surface area (Å²) in [5.41, 5.74) is 5.93. The lowest BCUT2D eigenvalue weighted by atomic mass is 9.63. The van der Waals surface area contributed by atoms with E-state index in [1.54, 1.807) is 0 Å². The maximum Gasteiger partial charge on any atom is 0.163 e. The molecule has 7 rings (SSSR count). The van der Waals surface area contributed by atoms with E-state index >= 15 is 0 Å². The van der Waals surface area contributed by atoms with E-state index in [1.165, 1.54) is 48.8 Å². The van der Waals surface area contributed by atoms with Gasteiger partial charge in [-0.25, -0.2) is 15.0 Å². The molecular weight excluding hydrogens is 402 g/mol. The Kier molecular flexibility index (Phi) is 5.26. The Bertz CT molecular complexity index is 1260. The molecule has 3 aliphatic rings. The zero-order valence-corrected chi connectivity index (χ0v) is 19.1. The number of fused-ring (bicyclic) bond motifs is 3. The van der Waals surface area contributed by atoms with Crippen molar-refractivity contribution in [2.45, 2.75) is 44.9 Å². The van der Waals surface area contributed by atoms with Gasteiger partial charge in [-0.1, -0.05) is 85.6 Å². The van der Waals surface area contributed by atoms with Gasteiger partial charge in [0.2, 0.25) is 0 Å². The van der Waals surface area contributed by atoms with Crippen LogP contribution in [0.3, 0.4) is 0 Å². The molecule has 3 saturated carbocycles. The quantitative estimate of drug-likeness (QED) is 0.336. The first-order valence-corrected chi connectivity index (χ1v) is 12.2. The number of aryl methyl sites for hydroxylation is 1. The van der Waals surface area contributed by atoms with Crippen molar-refractivity contribution < 1.29 is 0 Å². The van der Waals surface area contributed by atoms with Crippen LogP contribution in [-0.2, 0) is 0 Å². The summed E-state index contributed by atoms with van der Waals surface area (Å²) in [4.78, 5) is 14.2. The summed E-state index contributed by atoms with van der Waals surface area (Å²) in [7, 11) is 0. The monoisotopic (exact) mass is 431 g/mol. The number of aromatic nitrogens is 3. The second-order valence-corrected chi connectivity index (χ2v) is 9.72. The topological polar surface area (TPSA) is 38.7 Å². The van der Waals surface area contributed by atoms with E-state index < -0.39 is 0 Å². The highest BCUT2D eigenvalue weighted by molar-refractivity contribution is 5.71. The molecule has 0 saturated heterocycles. The first-order valence-electron chi connectivity index (χ1n) is 12.2. The van der Waals surface area contributed by atoms with Crippen LogP contribution in [0.5, 0.6) is 0 Å². The molecule has 0 amide bonds. The maximum atomic E-state index is 4.87. The summed E-state index contributed by atoms with van der Waals surface area (Å²) in [6.45, 7) is 1.95. The fraction of sp³-hybridized carbons (Fsp3) is 0.300. The van der Waals surface area contributed by atoms with Crippen molar-refractivity contribution in [1.82, 2.24) is 15.0 Å². The molecule has 3 aromatic carbocycles. The summed E-state index contributed by atoms with van der Waals surface area (Å²) in [6, 6.07) is 27.9. The Balaban J connectivity index is 1.30. The average Bonchev–Trinajstić information content (AvgIpc) is 2.90. The summed E-state index contributed by atoms with van der Waals surface area (Å²) < 4.78 is 0. The van der Waals surface area contributed by atoms with E-state index in [-0.39, 0.29) is 0 Å². The van der Waals surface area contributed by atoms with E-state index in [4.69, 9.17) is 4.98 Å². The van der Waals surface area contributed by atoms with Gasteiger partial charge in [0.15, 0.2) is 11.6 Å². The smallest absolute Gasteiger partial charge is 0.163 e. The van der Waals surface area contributed by atoms with Crippen LogP contribution in [0.25, 0.3) is 33.9 Å². The lowest BCUT2D eigenvalue weighted by Crippen LogP contribution is -2.29. The predicted octanol–water partition coefficient (Wildman–Crippen LogP) is 7.47. The van der Waals surface area contributed by atoms with Gasteiger partial charge in [0.05, 0.1) is 0 Å². The Hall–Kier alpha value is -3.33. The number of rotatable bonds is 4. The van der Waals surface area contributed by atoms with Crippen LogP contribution in [-0.4, -0.2) is 15.0 Å². The minimum absolute atomic E-state index is 0.726. The molecule has 0 spiro atoms. The molecule has 3 fully saturated rings. The lowest BCUT2D eigenvalue weighted by molar-refractivity contribution is 0.145. The number of hydrogen-bond donors (Lipinski definition) is 0. The Labute approximate surface area is 196 Å². The third-order valence-electron chi connectivity index (χ3n) is 7.62. The third kappa shape index (κ3) is 4.08. The predicted molar refractivity (Wildman–Crippen MR) is 134 cm³/mol. The van der Waals surface area contributed by atoms with Crippen molar-refractivity contribution in [1.29, 1.82) is 0 Å². The first kappa shape index (κ1) is 20.3. The van der Waals surface area contributed by atoms with Gasteiger partial charge >= 0.3 is 0 Å². The Morgan fingerprint density at radius 1 is 0.606 bits per heavy atom. The third-order valence-corrected chi connectivity index (χ3v) is 7.62. The molecule has 1 heterocycles. The minimum Gasteiger partial charge on any atom is -0.213 e. The van der Waals surface area contributed by atoms with E-state index in [0.29, 0.717) is 0 Å². The van der Waals surface area contributed by atoms with Crippen molar-refractivity contribution in [2.75, 3.05) is 0 Å². The van der Waals surface area contributed by atoms with Crippen LogP contribution in [0, 0.1) is 18.8 Å². The van der Waals surface area contributed by atoms with Crippen molar-refractivity contribution >= 4 is 0 Å². The fourth-order valence-electron chi connectivity index (χ4n) is 5.87. The van der Waals surface area contributed by atoms with Crippen LogP contribution in [0.2, 0.25) is 0 Å². The summed E-state index contributed by atoms with van der Waals surface area (Å²) in [5, 5.41) is 0. The maximum absolute atomic E-state index is 4.87. The van der Waals surface area contributed by atoms with Crippen LogP contribution in [0.4, 0.5) is 0 Å². The molecule has 0 radical (unpaired) electrons. The fourth-order valence-corrected chi connectivity index (χ4v) is 5.87. The van der Waals surface area contributed by atoms with Gasteiger partial charge in [-0.15, -0.1) is 0 Å². The standard InChI is InChI=1S/C30H29N3/c1-20-31-29(25-16-14-24(15-17-25)28-18-21-10-12-23(28)13-11-21)33-30(32-20)27-9-5-8-26(19-27)22-6-3-2-4-7-22/h2-9,14-17,19,21,23,28H,10-13,18H2,1H3. The van der Waals surface area contributed by atoms with Crippen LogP contribution >= 0.6 is 0 Å². The molecule has 33 heavy (non-hydrogen) atoms. The SMILES string of the molecule is Cc1nc(-c2ccc(C3CC4CCC3CC4)cc2)nc(-c2cccc(-c3ccccc3)c2)n1. The van der Waals surface area contributed by atoms with Crippen molar-refractivity contribution in [2.24, 2.45) is 11.8 Å². The van der Waals surface area contributed by atoms with Gasteiger partial charge < -0.3 is 0 Å². The second-order valence-electron chi connectivity index (χ2n) is 9.72. The molecule has 0 N–H and O–H groups in total. The van der Waals surface area contributed by atoms with Gasteiger partial charge in [0.25, 0.3) is 0 Å². The molecule has 1 unspecified atom stereocenters. The van der Waals surface area contributed by atoms with Gasteiger partial charge in [0, 0.05) is 11.1 Å². The van der Waals surface area contributed by atoms with Crippen LogP contribution in [0.15, 0.2) is 78.9 Å². The summed E-state index contributed by atoms with van der Waals surface area (Å²) in [5.74, 6) is 4.78. The molecule has 0 aliphatic heterocycles. The molecule has 3 heteroatoms. The van der Waals surface area contributed by atoms with E-state index in [9.17, 15) is 0 Å². The largest absolute Gasteiger partial charge is 0.213 e. The van der Waals surface area contributed by atoms with Crippen LogP contribution < -0.4 is 0 Å². The van der Waals surface area contributed by atoms with Gasteiger partial charge in [-0.2, -0.15) is 0 Å². The number of nitrogens with zero attached hydrogens (tertiary/aromatic N) is 3. The Morgan fingerprint density at radius 3 is 1.97 bits per heavy atom. The van der Waals surface area contributed by atoms with Crippen molar-refractivity contribution in [3.8, 4) is 33.9 Å². The van der Waals surface area contributed by atoms with E-state index in [0.717, 1.165) is 46.4 Å². The number of hydrogen-bond acceptors (Lipinski definition) is 3. The van der Waals surface area contributed by atoms with Gasteiger partial charge in [-0.3, -0.25) is 0 Å². The molecule has 2 bridgehead atoms. The first-order chi connectivity index (χ1) is 16.2. The molecule has 4 aromatic rings. The molecule has 3 aliphatic carbocycles. The molecule has 3 nitrogen and oxygen atoms in total. The molecule has 1 atom stereocenters. The molecular formula is C30H29N3. The lowest BCUT2D eigenvalue weighted by Gasteiger charge is -2.42. The van der Waals surface area contributed by atoms with Gasteiger partial charge in [0.1, 0.15) is 5.82 Å². The zero-order chi connectivity index (χ0) is 22.2. The summed E-state index contributed by atoms with van der Waals surface area (Å²) in [6.07, 6.45) is 7.08. The number of benzene rings is 3. The normalized spacial score (nSPS) is 21.8. The highest BCUT2D eigenvalue weighted by atomic mass is 15.0. The highest BCUT2D eigenvalue weighted by Crippen LogP contribution is 2.49. The second kappa shape index (κ2) is 8.55. The van der Waals surface area contributed by atoms with Gasteiger partial charge in [-0.05, 0) is 66.7 Å². The van der Waals surface area contributed by atoms with Crippen molar-refractivity contribution in [3.05, 3.63) is 90.3 Å². The highest BCUT2D eigenvalue weighted by Gasteiger charge is 2.36. The minimum atomic E-state index is 0.726. The van der Waals surface area contributed by atoms with E-state index in [1.807, 2.05) is 13.0 Å². The van der Waals surface area contributed by atoms with E-state index in [2.05, 4.69) is 82.8 Å². The molecule has 164 valence electrons.